The highest BCUT2D eigenvalue weighted by Crippen LogP contribution is 2.32. The fourth-order valence-electron chi connectivity index (χ4n) is 2.43. The average Bonchev–Trinajstić information content (AvgIpc) is 2.82. The Bertz CT molecular complexity index is 908. The molecule has 0 unspecified atom stereocenters. The number of hydrogen-bond donors (Lipinski definition) is 2. The van der Waals surface area contributed by atoms with Crippen LogP contribution in [-0.2, 0) is 6.54 Å². The fraction of sp³-hybridized carbons (Fsp3) is 0.412. The number of rotatable bonds is 4. The molecule has 1 aromatic carbocycles. The minimum Gasteiger partial charge on any atom is -0.310 e. The van der Waals surface area contributed by atoms with Gasteiger partial charge in [0, 0.05) is 15.1 Å². The Balaban J connectivity index is 1.89. The Labute approximate surface area is 143 Å². The van der Waals surface area contributed by atoms with Crippen LogP contribution in [0.25, 0.3) is 20.3 Å². The van der Waals surface area contributed by atoms with Gasteiger partial charge in [-0.15, -0.1) is 11.3 Å². The lowest BCUT2D eigenvalue weighted by Gasteiger charge is -2.17. The molecule has 0 radical (unpaired) electrons. The molecular formula is C17H20ClN3OS. The molecule has 122 valence electrons. The molecule has 0 aliphatic rings. The average molecular weight is 350 g/mol. The lowest BCUT2D eigenvalue weighted by atomic mass is 9.92. The third kappa shape index (κ3) is 3.74. The smallest absolute Gasteiger partial charge is 0.268 e. The molecule has 2 N–H and O–H groups in total. The molecule has 0 bridgehead atoms. The van der Waals surface area contributed by atoms with Crippen LogP contribution < -0.4 is 10.9 Å². The third-order valence-corrected chi connectivity index (χ3v) is 5.07. The van der Waals surface area contributed by atoms with Gasteiger partial charge in [0.25, 0.3) is 5.56 Å². The molecule has 2 heterocycles. The van der Waals surface area contributed by atoms with Gasteiger partial charge in [0.15, 0.2) is 0 Å². The zero-order valence-corrected chi connectivity index (χ0v) is 15.1. The Morgan fingerprint density at radius 2 is 2.13 bits per heavy atom. The number of aromatic amines is 1. The van der Waals surface area contributed by atoms with Crippen molar-refractivity contribution in [2.24, 2.45) is 5.41 Å². The van der Waals surface area contributed by atoms with Crippen molar-refractivity contribution in [2.75, 3.05) is 6.54 Å². The van der Waals surface area contributed by atoms with Gasteiger partial charge in [-0.2, -0.15) is 0 Å². The molecule has 0 amide bonds. The van der Waals surface area contributed by atoms with Gasteiger partial charge in [0.2, 0.25) is 0 Å². The van der Waals surface area contributed by atoms with Crippen molar-refractivity contribution < 1.29 is 0 Å². The summed E-state index contributed by atoms with van der Waals surface area (Å²) in [6, 6.07) is 5.64. The zero-order chi connectivity index (χ0) is 16.6. The molecule has 23 heavy (non-hydrogen) atoms. The van der Waals surface area contributed by atoms with E-state index in [1.165, 1.54) is 11.3 Å². The summed E-state index contributed by atoms with van der Waals surface area (Å²) in [4.78, 5) is 19.8. The summed E-state index contributed by atoms with van der Waals surface area (Å²) >= 11 is 7.53. The van der Waals surface area contributed by atoms with E-state index >= 15 is 0 Å². The van der Waals surface area contributed by atoms with Crippen LogP contribution in [-0.4, -0.2) is 16.5 Å². The van der Waals surface area contributed by atoms with Crippen LogP contribution in [0.15, 0.2) is 23.0 Å². The highest BCUT2D eigenvalue weighted by atomic mass is 35.5. The van der Waals surface area contributed by atoms with Gasteiger partial charge in [-0.1, -0.05) is 32.4 Å². The molecule has 6 heteroatoms. The number of nitrogens with one attached hydrogen (secondary N) is 2. The van der Waals surface area contributed by atoms with Crippen molar-refractivity contribution in [3.05, 3.63) is 39.4 Å². The van der Waals surface area contributed by atoms with Gasteiger partial charge in [-0.25, -0.2) is 4.98 Å². The lowest BCUT2D eigenvalue weighted by Crippen LogP contribution is -2.23. The van der Waals surface area contributed by atoms with Gasteiger partial charge >= 0.3 is 0 Å². The van der Waals surface area contributed by atoms with Gasteiger partial charge in [-0.3, -0.25) is 4.79 Å². The third-order valence-electron chi connectivity index (χ3n) is 3.68. The number of thiophene rings is 1. The Kier molecular flexibility index (Phi) is 4.45. The number of aromatic nitrogens is 2. The monoisotopic (exact) mass is 349 g/mol. The predicted molar refractivity (Wildman–Crippen MR) is 98.5 cm³/mol. The van der Waals surface area contributed by atoms with E-state index in [9.17, 15) is 4.79 Å². The maximum absolute atomic E-state index is 12.3. The summed E-state index contributed by atoms with van der Waals surface area (Å²) in [6.45, 7) is 8.08. The van der Waals surface area contributed by atoms with Crippen LogP contribution in [0.1, 0.15) is 33.0 Å². The zero-order valence-electron chi connectivity index (χ0n) is 13.5. The molecular weight excluding hydrogens is 330 g/mol. The van der Waals surface area contributed by atoms with Crippen molar-refractivity contribution in [3.63, 3.8) is 0 Å². The summed E-state index contributed by atoms with van der Waals surface area (Å²) in [5, 5.41) is 4.95. The molecule has 0 spiro atoms. The SMILES string of the molecule is CC(C)(C)CCNCc1nc2c(sc3ccc(Cl)cc32)c(=O)[nH]1. The first-order valence-corrected chi connectivity index (χ1v) is 8.85. The first kappa shape index (κ1) is 16.4. The van der Waals surface area contributed by atoms with Gasteiger partial charge < -0.3 is 10.3 Å². The lowest BCUT2D eigenvalue weighted by molar-refractivity contribution is 0.365. The van der Waals surface area contributed by atoms with Gasteiger partial charge in [-0.05, 0) is 36.6 Å². The Morgan fingerprint density at radius 1 is 1.35 bits per heavy atom. The second-order valence-electron chi connectivity index (χ2n) is 6.92. The van der Waals surface area contributed by atoms with E-state index in [0.717, 1.165) is 28.6 Å². The van der Waals surface area contributed by atoms with E-state index in [1.54, 1.807) is 0 Å². The van der Waals surface area contributed by atoms with Crippen LogP contribution in [0.4, 0.5) is 0 Å². The number of hydrogen-bond acceptors (Lipinski definition) is 4. The van der Waals surface area contributed by atoms with Crippen LogP contribution >= 0.6 is 22.9 Å². The second-order valence-corrected chi connectivity index (χ2v) is 8.41. The van der Waals surface area contributed by atoms with Gasteiger partial charge in [0.05, 0.1) is 12.1 Å². The summed E-state index contributed by atoms with van der Waals surface area (Å²) in [6.07, 6.45) is 1.07. The highest BCUT2D eigenvalue weighted by molar-refractivity contribution is 7.25. The predicted octanol–water partition coefficient (Wildman–Crippen LogP) is 4.32. The van der Waals surface area contributed by atoms with Crippen molar-refractivity contribution in [2.45, 2.75) is 33.7 Å². The molecule has 0 aliphatic heterocycles. The molecule has 2 aromatic heterocycles. The summed E-state index contributed by atoms with van der Waals surface area (Å²) in [5.74, 6) is 0.663. The molecule has 3 aromatic rings. The summed E-state index contributed by atoms with van der Waals surface area (Å²) < 4.78 is 1.68. The Morgan fingerprint density at radius 3 is 2.87 bits per heavy atom. The maximum atomic E-state index is 12.3. The van der Waals surface area contributed by atoms with E-state index in [4.69, 9.17) is 11.6 Å². The van der Waals surface area contributed by atoms with E-state index in [1.807, 2.05) is 18.2 Å². The summed E-state index contributed by atoms with van der Waals surface area (Å²) in [5.41, 5.74) is 0.946. The van der Waals surface area contributed by atoms with Gasteiger partial charge in [0.1, 0.15) is 10.5 Å². The van der Waals surface area contributed by atoms with Crippen molar-refractivity contribution in [1.29, 1.82) is 0 Å². The minimum atomic E-state index is -0.0834. The maximum Gasteiger partial charge on any atom is 0.268 e. The number of benzene rings is 1. The van der Waals surface area contributed by atoms with Crippen LogP contribution in [0.3, 0.4) is 0 Å². The van der Waals surface area contributed by atoms with E-state index in [-0.39, 0.29) is 11.0 Å². The van der Waals surface area contributed by atoms with Crippen LogP contribution in [0.5, 0.6) is 0 Å². The molecule has 0 aliphatic carbocycles. The molecule has 3 rings (SSSR count). The molecule has 0 saturated carbocycles. The Hall–Kier alpha value is -1.43. The van der Waals surface area contributed by atoms with E-state index < -0.39 is 0 Å². The normalized spacial score (nSPS) is 12.3. The summed E-state index contributed by atoms with van der Waals surface area (Å²) in [7, 11) is 0. The highest BCUT2D eigenvalue weighted by Gasteiger charge is 2.12. The largest absolute Gasteiger partial charge is 0.310 e. The first-order chi connectivity index (χ1) is 10.8. The molecule has 0 saturated heterocycles. The number of H-pyrrole nitrogens is 1. The van der Waals surface area contributed by atoms with Crippen molar-refractivity contribution in [3.8, 4) is 0 Å². The quantitative estimate of drug-likeness (QED) is 0.690. The van der Waals surface area contributed by atoms with Crippen LogP contribution in [0.2, 0.25) is 5.02 Å². The minimum absolute atomic E-state index is 0.0834. The van der Waals surface area contributed by atoms with Crippen LogP contribution in [0, 0.1) is 5.41 Å². The number of fused-ring (bicyclic) bond motifs is 3. The first-order valence-electron chi connectivity index (χ1n) is 7.65. The van der Waals surface area contributed by atoms with E-state index in [0.29, 0.717) is 22.1 Å². The molecule has 0 atom stereocenters. The standard InChI is InChI=1S/C17H20ClN3OS/c1-17(2,3)6-7-19-9-13-20-14-11-8-10(18)4-5-12(11)23-15(14)16(22)21-13/h4-5,8,19H,6-7,9H2,1-3H3,(H,20,21,22). The number of nitrogens with zero attached hydrogens (tertiary/aromatic N) is 1. The topological polar surface area (TPSA) is 57.8 Å². The second kappa shape index (κ2) is 6.23. The van der Waals surface area contributed by atoms with Crippen molar-refractivity contribution >= 4 is 43.2 Å². The molecule has 4 nitrogen and oxygen atoms in total. The number of halogens is 1. The van der Waals surface area contributed by atoms with Crippen molar-refractivity contribution in [1.82, 2.24) is 15.3 Å². The van der Waals surface area contributed by atoms with E-state index in [2.05, 4.69) is 36.1 Å². The fourth-order valence-corrected chi connectivity index (χ4v) is 3.62. The molecule has 0 fully saturated rings.